The zero-order chi connectivity index (χ0) is 8.53. The molecule has 0 saturated heterocycles. The molecule has 0 radical (unpaired) electrons. The second-order valence-corrected chi connectivity index (χ2v) is 1.58. The maximum absolute atomic E-state index is 9.77. The van der Waals surface area contributed by atoms with Crippen molar-refractivity contribution in [1.29, 1.82) is 0 Å². The standard InChI is InChI=1S/C5H4O2.C2H6O2/c6-4-5-2-1-3-7-5;3-1-2-4/h1-4H;3-4H,1-2H2. The lowest BCUT2D eigenvalue weighted by molar-refractivity contribution is 0.110. The van der Waals surface area contributed by atoms with Crippen molar-refractivity contribution >= 4 is 6.29 Å². The number of aliphatic hydroxyl groups excluding tert-OH is 2. The Morgan fingerprint density at radius 3 is 2.27 bits per heavy atom. The first-order chi connectivity index (χ1) is 5.35. The van der Waals surface area contributed by atoms with Crippen molar-refractivity contribution in [3.05, 3.63) is 24.2 Å². The van der Waals surface area contributed by atoms with Gasteiger partial charge in [0.25, 0.3) is 0 Å². The van der Waals surface area contributed by atoms with E-state index in [1.807, 2.05) is 0 Å². The van der Waals surface area contributed by atoms with Gasteiger partial charge in [-0.15, -0.1) is 0 Å². The molecule has 0 aromatic carbocycles. The minimum atomic E-state index is -0.125. The monoisotopic (exact) mass is 158 g/mol. The molecule has 1 aromatic heterocycles. The molecule has 4 heteroatoms. The molecule has 0 aliphatic heterocycles. The van der Waals surface area contributed by atoms with Crippen LogP contribution in [0.1, 0.15) is 10.6 Å². The third-order valence-corrected chi connectivity index (χ3v) is 0.759. The predicted molar refractivity (Wildman–Crippen MR) is 38.3 cm³/mol. The van der Waals surface area contributed by atoms with Crippen LogP contribution >= 0.6 is 0 Å². The number of aliphatic hydroxyl groups is 2. The third kappa shape index (κ3) is 5.32. The number of hydrogen-bond donors (Lipinski definition) is 2. The molecule has 0 amide bonds. The van der Waals surface area contributed by atoms with Gasteiger partial charge in [-0.1, -0.05) is 0 Å². The first-order valence-corrected chi connectivity index (χ1v) is 3.05. The highest BCUT2D eigenvalue weighted by molar-refractivity contribution is 5.69. The van der Waals surface area contributed by atoms with Gasteiger partial charge in [-0.25, -0.2) is 0 Å². The minimum Gasteiger partial charge on any atom is -0.462 e. The van der Waals surface area contributed by atoms with Crippen molar-refractivity contribution in [2.45, 2.75) is 0 Å². The Hall–Kier alpha value is -1.13. The van der Waals surface area contributed by atoms with Crippen LogP contribution in [0, 0.1) is 0 Å². The largest absolute Gasteiger partial charge is 0.462 e. The second-order valence-electron chi connectivity index (χ2n) is 1.58. The quantitative estimate of drug-likeness (QED) is 0.597. The van der Waals surface area contributed by atoms with E-state index >= 15 is 0 Å². The summed E-state index contributed by atoms with van der Waals surface area (Å²) in [5.41, 5.74) is 0. The number of aldehydes is 1. The van der Waals surface area contributed by atoms with Crippen molar-refractivity contribution in [2.75, 3.05) is 13.2 Å². The van der Waals surface area contributed by atoms with Gasteiger partial charge < -0.3 is 14.6 Å². The molecule has 1 aromatic rings. The summed E-state index contributed by atoms with van der Waals surface area (Å²) in [6, 6.07) is 3.27. The highest BCUT2D eigenvalue weighted by Gasteiger charge is 1.84. The topological polar surface area (TPSA) is 70.7 Å². The number of carbonyl (C=O) groups excluding carboxylic acids is 1. The van der Waals surface area contributed by atoms with E-state index in [1.54, 1.807) is 12.1 Å². The summed E-state index contributed by atoms with van der Waals surface area (Å²) in [5, 5.41) is 15.2. The third-order valence-electron chi connectivity index (χ3n) is 0.759. The molecule has 0 fully saturated rings. The zero-order valence-corrected chi connectivity index (χ0v) is 5.93. The average Bonchev–Trinajstić information content (AvgIpc) is 2.56. The zero-order valence-electron chi connectivity index (χ0n) is 5.93. The summed E-state index contributed by atoms with van der Waals surface area (Å²) in [4.78, 5) is 9.77. The van der Waals surface area contributed by atoms with Crippen LogP contribution in [-0.4, -0.2) is 29.7 Å². The highest BCUT2D eigenvalue weighted by atomic mass is 16.3. The van der Waals surface area contributed by atoms with Gasteiger partial charge in [0, 0.05) is 0 Å². The van der Waals surface area contributed by atoms with Gasteiger partial charge in [0.15, 0.2) is 12.0 Å². The van der Waals surface area contributed by atoms with E-state index in [-0.39, 0.29) is 13.2 Å². The fourth-order valence-electron chi connectivity index (χ4n) is 0.358. The van der Waals surface area contributed by atoms with Gasteiger partial charge in [-0.3, -0.25) is 4.79 Å². The maximum Gasteiger partial charge on any atom is 0.185 e. The normalized spacial score (nSPS) is 8.18. The number of furan rings is 1. The van der Waals surface area contributed by atoms with E-state index in [0.717, 1.165) is 0 Å². The number of hydrogen-bond acceptors (Lipinski definition) is 4. The maximum atomic E-state index is 9.77. The lowest BCUT2D eigenvalue weighted by Gasteiger charge is -1.70. The lowest BCUT2D eigenvalue weighted by atomic mass is 10.5. The molecule has 0 aliphatic rings. The summed E-state index contributed by atoms with van der Waals surface area (Å²) in [7, 11) is 0. The first-order valence-electron chi connectivity index (χ1n) is 3.05. The van der Waals surface area contributed by atoms with Crippen molar-refractivity contribution in [3.63, 3.8) is 0 Å². The highest BCUT2D eigenvalue weighted by Crippen LogP contribution is 1.92. The van der Waals surface area contributed by atoms with E-state index in [2.05, 4.69) is 4.42 Å². The molecular weight excluding hydrogens is 148 g/mol. The van der Waals surface area contributed by atoms with Gasteiger partial charge in [-0.2, -0.15) is 0 Å². The van der Waals surface area contributed by atoms with Crippen molar-refractivity contribution in [1.82, 2.24) is 0 Å². The first kappa shape index (κ1) is 9.87. The Balaban J connectivity index is 0.000000218. The average molecular weight is 158 g/mol. The molecule has 0 atom stereocenters. The van der Waals surface area contributed by atoms with Crippen molar-refractivity contribution in [2.24, 2.45) is 0 Å². The molecule has 1 heterocycles. The van der Waals surface area contributed by atoms with E-state index in [0.29, 0.717) is 12.0 Å². The molecule has 0 saturated carbocycles. The molecule has 0 bridgehead atoms. The summed E-state index contributed by atoms with van der Waals surface area (Å²) in [5.74, 6) is 0.375. The predicted octanol–water partition coefficient (Wildman–Crippen LogP) is 0.0631. The van der Waals surface area contributed by atoms with Crippen LogP contribution in [0.15, 0.2) is 22.8 Å². The van der Waals surface area contributed by atoms with Crippen LogP contribution in [0.5, 0.6) is 0 Å². The molecule has 0 aliphatic carbocycles. The van der Waals surface area contributed by atoms with Gasteiger partial charge in [0.2, 0.25) is 0 Å². The Bertz CT molecular complexity index is 167. The van der Waals surface area contributed by atoms with Crippen LogP contribution in [-0.2, 0) is 0 Å². The summed E-state index contributed by atoms with van der Waals surface area (Å²) < 4.78 is 4.61. The van der Waals surface area contributed by atoms with E-state index in [9.17, 15) is 4.79 Å². The van der Waals surface area contributed by atoms with E-state index in [4.69, 9.17) is 10.2 Å². The smallest absolute Gasteiger partial charge is 0.185 e. The Morgan fingerprint density at radius 1 is 1.45 bits per heavy atom. The van der Waals surface area contributed by atoms with Crippen molar-refractivity contribution < 1.29 is 19.4 Å². The lowest BCUT2D eigenvalue weighted by Crippen LogP contribution is -1.85. The van der Waals surface area contributed by atoms with E-state index < -0.39 is 0 Å². The summed E-state index contributed by atoms with van der Waals surface area (Å²) in [6.07, 6.45) is 2.13. The molecular formula is C7H10O4. The molecule has 1 rings (SSSR count). The Labute approximate surface area is 64.1 Å². The number of carbonyl (C=O) groups is 1. The van der Waals surface area contributed by atoms with Gasteiger partial charge in [0.05, 0.1) is 19.5 Å². The van der Waals surface area contributed by atoms with Crippen LogP contribution in [0.3, 0.4) is 0 Å². The van der Waals surface area contributed by atoms with Gasteiger partial charge in [0.1, 0.15) is 0 Å². The summed E-state index contributed by atoms with van der Waals surface area (Å²) >= 11 is 0. The SMILES string of the molecule is O=Cc1ccco1.OCCO. The second kappa shape index (κ2) is 6.98. The van der Waals surface area contributed by atoms with Crippen LogP contribution in [0.25, 0.3) is 0 Å². The molecule has 0 unspecified atom stereocenters. The Kier molecular flexibility index (Phi) is 6.27. The van der Waals surface area contributed by atoms with Crippen molar-refractivity contribution in [3.8, 4) is 0 Å². The summed E-state index contributed by atoms with van der Waals surface area (Å²) in [6.45, 7) is -0.250. The van der Waals surface area contributed by atoms with Crippen LogP contribution in [0.4, 0.5) is 0 Å². The number of rotatable bonds is 2. The van der Waals surface area contributed by atoms with Gasteiger partial charge >= 0.3 is 0 Å². The van der Waals surface area contributed by atoms with Gasteiger partial charge in [-0.05, 0) is 12.1 Å². The Morgan fingerprint density at radius 2 is 2.09 bits per heavy atom. The minimum absolute atomic E-state index is 0.125. The molecule has 2 N–H and O–H groups in total. The molecule has 62 valence electrons. The fraction of sp³-hybridized carbons (Fsp3) is 0.286. The van der Waals surface area contributed by atoms with E-state index in [1.165, 1.54) is 6.26 Å². The molecule has 11 heavy (non-hydrogen) atoms. The molecule has 4 nitrogen and oxygen atoms in total. The van der Waals surface area contributed by atoms with Crippen LogP contribution < -0.4 is 0 Å². The molecule has 0 spiro atoms. The fourth-order valence-corrected chi connectivity index (χ4v) is 0.358. The van der Waals surface area contributed by atoms with Crippen LogP contribution in [0.2, 0.25) is 0 Å².